The van der Waals surface area contributed by atoms with Crippen LogP contribution >= 0.6 is 0 Å². The zero-order chi connectivity index (χ0) is 13.6. The van der Waals surface area contributed by atoms with Crippen LogP contribution in [0.5, 0.6) is 0 Å². The molecule has 1 saturated heterocycles. The number of rotatable bonds is 6. The summed E-state index contributed by atoms with van der Waals surface area (Å²) >= 11 is 0. The van der Waals surface area contributed by atoms with Gasteiger partial charge in [-0.3, -0.25) is 4.79 Å². The Kier molecular flexibility index (Phi) is 6.08. The quantitative estimate of drug-likeness (QED) is 0.732. The van der Waals surface area contributed by atoms with Gasteiger partial charge >= 0.3 is 0 Å². The molecule has 1 fully saturated rings. The first-order valence-electron chi connectivity index (χ1n) is 6.67. The number of carbonyl (C=O) groups is 1. The molecule has 0 aromatic rings. The minimum atomic E-state index is -2.96. The van der Waals surface area contributed by atoms with Gasteiger partial charge in [0.1, 0.15) is 0 Å². The van der Waals surface area contributed by atoms with Crippen LogP contribution in [-0.4, -0.2) is 45.0 Å². The van der Waals surface area contributed by atoms with Crippen molar-refractivity contribution in [3.63, 3.8) is 0 Å². The number of nitrogens with one attached hydrogen (secondary N) is 2. The molecule has 0 aliphatic carbocycles. The third-order valence-corrected chi connectivity index (χ3v) is 5.21. The second-order valence-electron chi connectivity index (χ2n) is 4.96. The molecule has 1 heterocycles. The molecule has 0 saturated carbocycles. The highest BCUT2D eigenvalue weighted by Gasteiger charge is 2.25. The van der Waals surface area contributed by atoms with Crippen LogP contribution in [0, 0.1) is 5.92 Å². The summed E-state index contributed by atoms with van der Waals surface area (Å²) < 4.78 is 22.9. The van der Waals surface area contributed by atoms with Crippen molar-refractivity contribution in [2.24, 2.45) is 5.92 Å². The summed E-state index contributed by atoms with van der Waals surface area (Å²) in [5.41, 5.74) is 0. The normalized spacial score (nSPS) is 22.9. The smallest absolute Gasteiger partial charge is 0.221 e. The Balaban J connectivity index is 2.32. The molecule has 6 heteroatoms. The van der Waals surface area contributed by atoms with Crippen molar-refractivity contribution < 1.29 is 13.2 Å². The molecule has 1 atom stereocenters. The van der Waals surface area contributed by atoms with Crippen molar-refractivity contribution in [3.05, 3.63) is 0 Å². The molecule has 1 aliphatic heterocycles. The highest BCUT2D eigenvalue weighted by molar-refractivity contribution is 7.91. The van der Waals surface area contributed by atoms with Crippen molar-refractivity contribution >= 4 is 15.7 Å². The van der Waals surface area contributed by atoms with E-state index in [1.54, 1.807) is 0 Å². The third kappa shape index (κ3) is 5.35. The van der Waals surface area contributed by atoms with Gasteiger partial charge in [-0.05, 0) is 5.92 Å². The first-order chi connectivity index (χ1) is 8.46. The zero-order valence-electron chi connectivity index (χ0n) is 11.2. The Labute approximate surface area is 110 Å². The van der Waals surface area contributed by atoms with E-state index < -0.39 is 9.84 Å². The molecule has 0 aromatic heterocycles. The molecule has 2 N–H and O–H groups in total. The van der Waals surface area contributed by atoms with E-state index in [-0.39, 0.29) is 29.9 Å². The Morgan fingerprint density at radius 3 is 2.61 bits per heavy atom. The summed E-state index contributed by atoms with van der Waals surface area (Å²) in [6, 6.07) is -0.231. The fourth-order valence-electron chi connectivity index (χ4n) is 2.13. The van der Waals surface area contributed by atoms with Gasteiger partial charge in [0.05, 0.1) is 11.5 Å². The molecule has 1 rings (SSSR count). The van der Waals surface area contributed by atoms with Gasteiger partial charge in [-0.2, -0.15) is 0 Å². The summed E-state index contributed by atoms with van der Waals surface area (Å²) in [4.78, 5) is 11.7. The van der Waals surface area contributed by atoms with E-state index in [0.29, 0.717) is 19.0 Å². The molecular weight excluding hydrogens is 252 g/mol. The maximum absolute atomic E-state index is 11.7. The van der Waals surface area contributed by atoms with Crippen molar-refractivity contribution in [2.45, 2.75) is 39.2 Å². The van der Waals surface area contributed by atoms with Gasteiger partial charge in [0.2, 0.25) is 5.91 Å². The van der Waals surface area contributed by atoms with Gasteiger partial charge in [-0.15, -0.1) is 0 Å². The SMILES string of the molecule is CCC(CC)CNC(=O)CC1CS(=O)(=O)CCN1. The van der Waals surface area contributed by atoms with Gasteiger partial charge < -0.3 is 10.6 Å². The van der Waals surface area contributed by atoms with Gasteiger partial charge in [0.25, 0.3) is 0 Å². The van der Waals surface area contributed by atoms with Gasteiger partial charge in [-0.25, -0.2) is 8.42 Å². The standard InChI is InChI=1S/C12H24N2O3S/c1-3-10(4-2)8-14-12(15)7-11-9-18(16,17)6-5-13-11/h10-11,13H,3-9H2,1-2H3,(H,14,15). The van der Waals surface area contributed by atoms with Gasteiger partial charge in [0.15, 0.2) is 9.84 Å². The predicted octanol–water partition coefficient (Wildman–Crippen LogP) is 0.316. The first kappa shape index (κ1) is 15.4. The zero-order valence-corrected chi connectivity index (χ0v) is 12.1. The maximum atomic E-state index is 11.7. The van der Waals surface area contributed by atoms with E-state index >= 15 is 0 Å². The van der Waals surface area contributed by atoms with Crippen LogP contribution in [0.1, 0.15) is 33.1 Å². The van der Waals surface area contributed by atoms with Crippen LogP contribution in [0.2, 0.25) is 0 Å². The molecule has 5 nitrogen and oxygen atoms in total. The molecule has 1 aliphatic rings. The topological polar surface area (TPSA) is 75.3 Å². The van der Waals surface area contributed by atoms with Crippen molar-refractivity contribution in [3.8, 4) is 0 Å². The van der Waals surface area contributed by atoms with E-state index in [0.717, 1.165) is 12.8 Å². The van der Waals surface area contributed by atoms with Crippen LogP contribution in [0.15, 0.2) is 0 Å². The summed E-state index contributed by atoms with van der Waals surface area (Å²) in [5, 5.41) is 5.97. The van der Waals surface area contributed by atoms with Gasteiger partial charge in [-0.1, -0.05) is 26.7 Å². The first-order valence-corrected chi connectivity index (χ1v) is 8.49. The van der Waals surface area contributed by atoms with Crippen LogP contribution in [-0.2, 0) is 14.6 Å². The lowest BCUT2D eigenvalue weighted by molar-refractivity contribution is -0.121. The Hall–Kier alpha value is -0.620. The monoisotopic (exact) mass is 276 g/mol. The molecule has 0 radical (unpaired) electrons. The Morgan fingerprint density at radius 2 is 2.06 bits per heavy atom. The summed E-state index contributed by atoms with van der Waals surface area (Å²) in [6.45, 7) is 5.35. The van der Waals surface area contributed by atoms with Crippen molar-refractivity contribution in [1.29, 1.82) is 0 Å². The molecule has 0 bridgehead atoms. The van der Waals surface area contributed by atoms with Crippen molar-refractivity contribution in [1.82, 2.24) is 10.6 Å². The van der Waals surface area contributed by atoms with Crippen LogP contribution in [0.25, 0.3) is 0 Å². The fourth-order valence-corrected chi connectivity index (χ4v) is 3.57. The highest BCUT2D eigenvalue weighted by Crippen LogP contribution is 2.07. The molecule has 0 spiro atoms. The molecule has 0 aromatic carbocycles. The average Bonchev–Trinajstić information content (AvgIpc) is 2.29. The molecule has 106 valence electrons. The highest BCUT2D eigenvalue weighted by atomic mass is 32.2. The molecule has 1 amide bonds. The van der Waals surface area contributed by atoms with E-state index in [9.17, 15) is 13.2 Å². The number of hydrogen-bond acceptors (Lipinski definition) is 4. The number of carbonyl (C=O) groups excluding carboxylic acids is 1. The second kappa shape index (κ2) is 7.09. The van der Waals surface area contributed by atoms with Gasteiger partial charge in [0, 0.05) is 25.6 Å². The van der Waals surface area contributed by atoms with E-state index in [4.69, 9.17) is 0 Å². The lowest BCUT2D eigenvalue weighted by Crippen LogP contribution is -2.47. The van der Waals surface area contributed by atoms with Crippen LogP contribution < -0.4 is 10.6 Å². The maximum Gasteiger partial charge on any atom is 0.221 e. The minimum Gasteiger partial charge on any atom is -0.356 e. The lowest BCUT2D eigenvalue weighted by atomic mass is 10.0. The lowest BCUT2D eigenvalue weighted by Gasteiger charge is -2.23. The Morgan fingerprint density at radius 1 is 1.39 bits per heavy atom. The summed E-state index contributed by atoms with van der Waals surface area (Å²) in [7, 11) is -2.96. The van der Waals surface area contributed by atoms with E-state index in [1.165, 1.54) is 0 Å². The van der Waals surface area contributed by atoms with E-state index in [2.05, 4.69) is 24.5 Å². The van der Waals surface area contributed by atoms with E-state index in [1.807, 2.05) is 0 Å². The largest absolute Gasteiger partial charge is 0.356 e. The molecular formula is C12H24N2O3S. The van der Waals surface area contributed by atoms with Crippen molar-refractivity contribution in [2.75, 3.05) is 24.6 Å². The summed E-state index contributed by atoms with van der Waals surface area (Å²) in [5.74, 6) is 0.707. The van der Waals surface area contributed by atoms with Crippen LogP contribution in [0.3, 0.4) is 0 Å². The van der Waals surface area contributed by atoms with Crippen LogP contribution in [0.4, 0.5) is 0 Å². The fraction of sp³-hybridized carbons (Fsp3) is 0.917. The Bertz CT molecular complexity index is 364. The average molecular weight is 276 g/mol. The predicted molar refractivity (Wildman–Crippen MR) is 72.1 cm³/mol. The third-order valence-electron chi connectivity index (χ3n) is 3.48. The number of sulfone groups is 1. The molecule has 1 unspecified atom stereocenters. The molecule has 18 heavy (non-hydrogen) atoms. The summed E-state index contributed by atoms with van der Waals surface area (Å²) in [6.07, 6.45) is 2.35. The second-order valence-corrected chi connectivity index (χ2v) is 7.18. The number of amides is 1. The minimum absolute atomic E-state index is 0.0588. The number of hydrogen-bond donors (Lipinski definition) is 2.